The van der Waals surface area contributed by atoms with E-state index >= 15 is 0 Å². The summed E-state index contributed by atoms with van der Waals surface area (Å²) in [5.74, 6) is 0. The van der Waals surface area contributed by atoms with Crippen molar-refractivity contribution in [2.75, 3.05) is 25.2 Å². The summed E-state index contributed by atoms with van der Waals surface area (Å²) in [5.41, 5.74) is 2.57. The number of hydrogen-bond donors (Lipinski definition) is 1. The lowest BCUT2D eigenvalue weighted by atomic mass is 10.1. The molecule has 3 nitrogen and oxygen atoms in total. The predicted molar refractivity (Wildman–Crippen MR) is 85.7 cm³/mol. The fraction of sp³-hybridized carbons (Fsp3) is 0.625. The van der Waals surface area contributed by atoms with Crippen LogP contribution in [-0.4, -0.2) is 32.3 Å². The highest BCUT2D eigenvalue weighted by Gasteiger charge is 2.30. The van der Waals surface area contributed by atoms with E-state index in [-0.39, 0.29) is 0 Å². The van der Waals surface area contributed by atoms with Gasteiger partial charge in [-0.05, 0) is 36.6 Å². The Morgan fingerprint density at radius 3 is 2.75 bits per heavy atom. The monoisotopic (exact) mass is 296 g/mol. The third-order valence-electron chi connectivity index (χ3n) is 3.58. The number of nitrogens with zero attached hydrogens (tertiary/aromatic N) is 1. The molecule has 0 bridgehead atoms. The lowest BCUT2D eigenvalue weighted by molar-refractivity contribution is 0.205. The molecule has 0 radical (unpaired) electrons. The number of ether oxygens (including phenoxy) is 1. The van der Waals surface area contributed by atoms with E-state index in [1.165, 1.54) is 24.1 Å². The van der Waals surface area contributed by atoms with E-state index in [1.807, 2.05) is 6.07 Å². The van der Waals surface area contributed by atoms with Crippen LogP contribution in [0.15, 0.2) is 18.2 Å². The quantitative estimate of drug-likeness (QED) is 0.795. The van der Waals surface area contributed by atoms with Crippen molar-refractivity contribution in [3.05, 3.63) is 28.8 Å². The standard InChI is InChI=1S/C16H25ClN2O/c1-12(2)18-11-13-10-14(17)4-7-16(13)19(8-9-20-3)15-5-6-15/h4,7,10,12,15,18H,5-6,8-9,11H2,1-3H3. The predicted octanol–water partition coefficient (Wildman–Crippen LogP) is 3.45. The van der Waals surface area contributed by atoms with Crippen LogP contribution in [-0.2, 0) is 11.3 Å². The van der Waals surface area contributed by atoms with Crippen molar-refractivity contribution in [2.45, 2.75) is 45.3 Å². The Kier molecular flexibility index (Phi) is 5.70. The SMILES string of the molecule is COCCN(c1ccc(Cl)cc1CNC(C)C)C1CC1. The second-order valence-corrected chi connectivity index (χ2v) is 6.16. The van der Waals surface area contributed by atoms with E-state index in [0.717, 1.165) is 24.7 Å². The van der Waals surface area contributed by atoms with Crippen molar-refractivity contribution in [2.24, 2.45) is 0 Å². The van der Waals surface area contributed by atoms with E-state index < -0.39 is 0 Å². The number of methoxy groups -OCH3 is 1. The number of hydrogen-bond acceptors (Lipinski definition) is 3. The number of halogens is 1. The fourth-order valence-corrected chi connectivity index (χ4v) is 2.56. The zero-order valence-corrected chi connectivity index (χ0v) is 13.4. The second-order valence-electron chi connectivity index (χ2n) is 5.73. The Morgan fingerprint density at radius 2 is 2.15 bits per heavy atom. The van der Waals surface area contributed by atoms with E-state index in [0.29, 0.717) is 12.1 Å². The summed E-state index contributed by atoms with van der Waals surface area (Å²) in [6.45, 7) is 6.87. The van der Waals surface area contributed by atoms with Crippen molar-refractivity contribution in [1.29, 1.82) is 0 Å². The summed E-state index contributed by atoms with van der Waals surface area (Å²) in [5, 5.41) is 4.29. The Hall–Kier alpha value is -0.770. The molecule has 0 saturated heterocycles. The van der Waals surface area contributed by atoms with E-state index in [1.54, 1.807) is 7.11 Å². The van der Waals surface area contributed by atoms with Gasteiger partial charge in [0.1, 0.15) is 0 Å². The van der Waals surface area contributed by atoms with E-state index in [4.69, 9.17) is 16.3 Å². The van der Waals surface area contributed by atoms with Crippen molar-refractivity contribution in [3.8, 4) is 0 Å². The first-order valence-corrected chi connectivity index (χ1v) is 7.77. The number of benzene rings is 1. The molecule has 1 saturated carbocycles. The van der Waals surface area contributed by atoms with Crippen LogP contribution >= 0.6 is 11.6 Å². The van der Waals surface area contributed by atoms with Gasteiger partial charge in [0.2, 0.25) is 0 Å². The Labute approximate surface area is 127 Å². The molecule has 1 fully saturated rings. The molecule has 4 heteroatoms. The van der Waals surface area contributed by atoms with Gasteiger partial charge in [0.25, 0.3) is 0 Å². The molecule has 1 aliphatic rings. The third-order valence-corrected chi connectivity index (χ3v) is 3.81. The molecule has 0 spiro atoms. The van der Waals surface area contributed by atoms with Crippen molar-refractivity contribution in [3.63, 3.8) is 0 Å². The van der Waals surface area contributed by atoms with Crippen molar-refractivity contribution in [1.82, 2.24) is 5.32 Å². The summed E-state index contributed by atoms with van der Waals surface area (Å²) in [4.78, 5) is 2.47. The summed E-state index contributed by atoms with van der Waals surface area (Å²) in [6, 6.07) is 7.35. The first kappa shape index (κ1) is 15.6. The topological polar surface area (TPSA) is 24.5 Å². The maximum atomic E-state index is 6.17. The van der Waals surface area contributed by atoms with E-state index in [2.05, 4.69) is 36.2 Å². The van der Waals surface area contributed by atoms with Gasteiger partial charge in [-0.1, -0.05) is 25.4 Å². The van der Waals surface area contributed by atoms with Crippen LogP contribution in [0, 0.1) is 0 Å². The van der Waals surface area contributed by atoms with Crippen molar-refractivity contribution < 1.29 is 4.74 Å². The summed E-state index contributed by atoms with van der Waals surface area (Å²) < 4.78 is 5.25. The van der Waals surface area contributed by atoms with Gasteiger partial charge in [0.05, 0.1) is 6.61 Å². The molecule has 0 aromatic heterocycles. The first-order chi connectivity index (χ1) is 9.61. The van der Waals surface area contributed by atoms with Gasteiger partial charge in [-0.15, -0.1) is 0 Å². The molecular formula is C16H25ClN2O. The highest BCUT2D eigenvalue weighted by atomic mass is 35.5. The normalized spacial score (nSPS) is 14.8. The maximum Gasteiger partial charge on any atom is 0.0637 e. The molecule has 0 amide bonds. The molecule has 1 aromatic carbocycles. The highest BCUT2D eigenvalue weighted by Crippen LogP contribution is 2.34. The summed E-state index contributed by atoms with van der Waals surface area (Å²) >= 11 is 6.17. The lowest BCUT2D eigenvalue weighted by Crippen LogP contribution is -2.31. The number of anilines is 1. The zero-order chi connectivity index (χ0) is 14.5. The van der Waals surface area contributed by atoms with Crippen LogP contribution in [0.3, 0.4) is 0 Å². The minimum atomic E-state index is 0.468. The van der Waals surface area contributed by atoms with Crippen LogP contribution in [0.1, 0.15) is 32.3 Å². The molecular weight excluding hydrogens is 272 g/mol. The van der Waals surface area contributed by atoms with Gasteiger partial charge in [-0.3, -0.25) is 0 Å². The largest absolute Gasteiger partial charge is 0.383 e. The molecule has 2 rings (SSSR count). The Morgan fingerprint density at radius 1 is 1.40 bits per heavy atom. The van der Waals surface area contributed by atoms with Crippen molar-refractivity contribution >= 4 is 17.3 Å². The fourth-order valence-electron chi connectivity index (χ4n) is 2.37. The molecule has 0 aliphatic heterocycles. The molecule has 0 heterocycles. The average molecular weight is 297 g/mol. The van der Waals surface area contributed by atoms with Gasteiger partial charge in [0.15, 0.2) is 0 Å². The van der Waals surface area contributed by atoms with Crippen LogP contribution in [0.4, 0.5) is 5.69 Å². The molecule has 20 heavy (non-hydrogen) atoms. The second kappa shape index (κ2) is 7.30. The Balaban J connectivity index is 2.18. The average Bonchev–Trinajstić information content (AvgIpc) is 3.23. The summed E-state index contributed by atoms with van der Waals surface area (Å²) in [7, 11) is 1.76. The molecule has 112 valence electrons. The molecule has 0 unspecified atom stereocenters. The van der Waals surface area contributed by atoms with Crippen LogP contribution in [0.2, 0.25) is 5.02 Å². The third kappa shape index (κ3) is 4.37. The Bertz CT molecular complexity index is 432. The smallest absolute Gasteiger partial charge is 0.0637 e. The molecule has 1 aliphatic carbocycles. The van der Waals surface area contributed by atoms with Gasteiger partial charge in [0, 0.05) is 43.0 Å². The first-order valence-electron chi connectivity index (χ1n) is 7.39. The van der Waals surface area contributed by atoms with E-state index in [9.17, 15) is 0 Å². The lowest BCUT2D eigenvalue weighted by Gasteiger charge is -2.27. The molecule has 1 N–H and O–H groups in total. The van der Waals surface area contributed by atoms with Crippen LogP contribution in [0.5, 0.6) is 0 Å². The maximum absolute atomic E-state index is 6.17. The van der Waals surface area contributed by atoms with Crippen LogP contribution < -0.4 is 10.2 Å². The van der Waals surface area contributed by atoms with Gasteiger partial charge in [-0.25, -0.2) is 0 Å². The minimum Gasteiger partial charge on any atom is -0.383 e. The van der Waals surface area contributed by atoms with Gasteiger partial charge < -0.3 is 15.0 Å². The van der Waals surface area contributed by atoms with Crippen LogP contribution in [0.25, 0.3) is 0 Å². The minimum absolute atomic E-state index is 0.468. The number of nitrogens with one attached hydrogen (secondary N) is 1. The van der Waals surface area contributed by atoms with Gasteiger partial charge >= 0.3 is 0 Å². The highest BCUT2D eigenvalue weighted by molar-refractivity contribution is 6.30. The molecule has 1 aromatic rings. The summed E-state index contributed by atoms with van der Waals surface area (Å²) in [6.07, 6.45) is 2.56. The van der Waals surface area contributed by atoms with Gasteiger partial charge in [-0.2, -0.15) is 0 Å². The number of rotatable bonds is 8. The zero-order valence-electron chi connectivity index (χ0n) is 12.7. The molecule has 0 atom stereocenters.